The summed E-state index contributed by atoms with van der Waals surface area (Å²) in [5, 5.41) is 17.9. The summed E-state index contributed by atoms with van der Waals surface area (Å²) in [5.74, 6) is -1.07. The second-order valence-electron chi connectivity index (χ2n) is 3.37. The van der Waals surface area contributed by atoms with Crippen LogP contribution in [-0.2, 0) is 11.3 Å². The average Bonchev–Trinajstić information content (AvgIpc) is 2.31. The molecule has 6 heteroatoms. The largest absolute Gasteiger partial charge is 0.481 e. The van der Waals surface area contributed by atoms with Crippen molar-refractivity contribution in [2.24, 2.45) is 0 Å². The van der Waals surface area contributed by atoms with Gasteiger partial charge in [0.2, 0.25) is 0 Å². The second-order valence-corrected chi connectivity index (χ2v) is 4.54. The van der Waals surface area contributed by atoms with E-state index in [2.05, 4.69) is 0 Å². The molecule has 0 spiro atoms. The van der Waals surface area contributed by atoms with E-state index in [0.29, 0.717) is 0 Å². The fourth-order valence-electron chi connectivity index (χ4n) is 1.28. The normalized spacial score (nSPS) is 12.7. The lowest BCUT2D eigenvalue weighted by Crippen LogP contribution is -2.25. The molecule has 1 rings (SSSR count). The van der Waals surface area contributed by atoms with E-state index < -0.39 is 12.1 Å². The summed E-state index contributed by atoms with van der Waals surface area (Å²) >= 11 is 1.11. The maximum absolute atomic E-state index is 11.4. The number of carboxylic acid groups (broad SMARTS) is 1. The van der Waals surface area contributed by atoms with Crippen LogP contribution in [0.1, 0.15) is 17.0 Å². The third kappa shape index (κ3) is 2.90. The highest BCUT2D eigenvalue weighted by Crippen LogP contribution is 2.10. The first-order chi connectivity index (χ1) is 6.91. The number of carboxylic acids is 1. The molecule has 1 aromatic rings. The molecule has 0 radical (unpaired) electrons. The summed E-state index contributed by atoms with van der Waals surface area (Å²) in [6.07, 6.45) is -1.37. The summed E-state index contributed by atoms with van der Waals surface area (Å²) in [6.45, 7) is 3.64. The summed E-state index contributed by atoms with van der Waals surface area (Å²) in [5.41, 5.74) is 0.787. The minimum Gasteiger partial charge on any atom is -0.481 e. The summed E-state index contributed by atoms with van der Waals surface area (Å²) in [6, 6.07) is 0. The molecule has 0 aliphatic rings. The van der Waals surface area contributed by atoms with Crippen LogP contribution < -0.4 is 4.87 Å². The zero-order valence-electron chi connectivity index (χ0n) is 8.56. The number of nitrogens with zero attached hydrogens (tertiary/aromatic N) is 1. The van der Waals surface area contributed by atoms with Gasteiger partial charge in [-0.25, -0.2) is 0 Å². The number of aliphatic hydroxyl groups is 1. The van der Waals surface area contributed by atoms with Crippen LogP contribution in [0.3, 0.4) is 0 Å². The predicted molar refractivity (Wildman–Crippen MR) is 56.3 cm³/mol. The first-order valence-corrected chi connectivity index (χ1v) is 5.30. The van der Waals surface area contributed by atoms with Gasteiger partial charge in [0.05, 0.1) is 19.1 Å². The van der Waals surface area contributed by atoms with Crippen molar-refractivity contribution in [3.8, 4) is 0 Å². The Balaban J connectivity index is 2.80. The fourth-order valence-corrected chi connectivity index (χ4v) is 2.12. The number of aryl methyl sites for hydroxylation is 1. The molecule has 2 N–H and O–H groups in total. The van der Waals surface area contributed by atoms with E-state index in [1.807, 2.05) is 6.92 Å². The maximum Gasteiger partial charge on any atom is 0.307 e. The van der Waals surface area contributed by atoms with Crippen molar-refractivity contribution in [1.29, 1.82) is 0 Å². The molecule has 0 aliphatic carbocycles. The molecule has 1 unspecified atom stereocenters. The SMILES string of the molecule is Cc1sc(=O)n(CC(O)CC(=O)O)c1C. The number of aliphatic carboxylic acids is 1. The molecule has 0 fully saturated rings. The number of hydrogen-bond acceptors (Lipinski definition) is 4. The lowest BCUT2D eigenvalue weighted by atomic mass is 10.2. The van der Waals surface area contributed by atoms with Crippen LogP contribution >= 0.6 is 11.3 Å². The average molecular weight is 231 g/mol. The number of hydrogen-bond donors (Lipinski definition) is 2. The molecule has 1 aromatic heterocycles. The van der Waals surface area contributed by atoms with Crippen molar-refractivity contribution in [1.82, 2.24) is 4.57 Å². The van der Waals surface area contributed by atoms with Gasteiger partial charge in [0, 0.05) is 10.6 Å². The van der Waals surface area contributed by atoms with Crippen LogP contribution in [-0.4, -0.2) is 26.9 Å². The van der Waals surface area contributed by atoms with Crippen LogP contribution in [0.4, 0.5) is 0 Å². The van der Waals surface area contributed by atoms with Gasteiger partial charge >= 0.3 is 10.8 Å². The molecular weight excluding hydrogens is 218 g/mol. The topological polar surface area (TPSA) is 79.5 Å². The fraction of sp³-hybridized carbons (Fsp3) is 0.556. The Morgan fingerprint density at radius 2 is 2.13 bits per heavy atom. The number of aromatic nitrogens is 1. The molecule has 0 saturated heterocycles. The van der Waals surface area contributed by atoms with Crippen LogP contribution in [0.2, 0.25) is 0 Å². The van der Waals surface area contributed by atoms with Crippen LogP contribution in [0.15, 0.2) is 4.79 Å². The Bertz CT molecular complexity index is 420. The first-order valence-electron chi connectivity index (χ1n) is 4.48. The van der Waals surface area contributed by atoms with E-state index in [9.17, 15) is 14.7 Å². The monoisotopic (exact) mass is 231 g/mol. The first kappa shape index (κ1) is 11.9. The number of thiazole rings is 1. The zero-order valence-corrected chi connectivity index (χ0v) is 9.37. The summed E-state index contributed by atoms with van der Waals surface area (Å²) in [7, 11) is 0. The smallest absolute Gasteiger partial charge is 0.307 e. The van der Waals surface area contributed by atoms with E-state index in [-0.39, 0.29) is 17.8 Å². The lowest BCUT2D eigenvalue weighted by Gasteiger charge is -2.09. The van der Waals surface area contributed by atoms with Gasteiger partial charge in [-0.15, -0.1) is 0 Å². The van der Waals surface area contributed by atoms with Crippen molar-refractivity contribution in [2.75, 3.05) is 0 Å². The van der Waals surface area contributed by atoms with Gasteiger partial charge < -0.3 is 14.8 Å². The summed E-state index contributed by atoms with van der Waals surface area (Å²) in [4.78, 5) is 22.5. The Morgan fingerprint density at radius 3 is 2.53 bits per heavy atom. The van der Waals surface area contributed by atoms with Crippen LogP contribution in [0.5, 0.6) is 0 Å². The van der Waals surface area contributed by atoms with Crippen molar-refractivity contribution in [3.05, 3.63) is 20.2 Å². The van der Waals surface area contributed by atoms with Gasteiger partial charge in [-0.3, -0.25) is 9.59 Å². The lowest BCUT2D eigenvalue weighted by molar-refractivity contribution is -0.139. The molecular formula is C9H13NO4S. The van der Waals surface area contributed by atoms with Crippen molar-refractivity contribution >= 4 is 17.3 Å². The van der Waals surface area contributed by atoms with E-state index in [4.69, 9.17) is 5.11 Å². The van der Waals surface area contributed by atoms with Crippen LogP contribution in [0.25, 0.3) is 0 Å². The molecule has 5 nitrogen and oxygen atoms in total. The molecule has 1 heterocycles. The summed E-state index contributed by atoms with van der Waals surface area (Å²) < 4.78 is 1.41. The minimum absolute atomic E-state index is 0.0430. The highest BCUT2D eigenvalue weighted by Gasteiger charge is 2.14. The van der Waals surface area contributed by atoms with E-state index in [1.54, 1.807) is 6.92 Å². The number of aliphatic hydroxyl groups excluding tert-OH is 1. The Hall–Kier alpha value is -1.14. The highest BCUT2D eigenvalue weighted by molar-refractivity contribution is 7.09. The Morgan fingerprint density at radius 1 is 1.53 bits per heavy atom. The zero-order chi connectivity index (χ0) is 11.6. The van der Waals surface area contributed by atoms with Gasteiger partial charge in [0.15, 0.2) is 0 Å². The molecule has 0 aromatic carbocycles. The van der Waals surface area contributed by atoms with Gasteiger partial charge in [0.25, 0.3) is 0 Å². The molecule has 0 aliphatic heterocycles. The Labute approximate surface area is 90.6 Å². The third-order valence-electron chi connectivity index (χ3n) is 2.18. The second kappa shape index (κ2) is 4.59. The van der Waals surface area contributed by atoms with Gasteiger partial charge in [-0.05, 0) is 13.8 Å². The van der Waals surface area contributed by atoms with E-state index >= 15 is 0 Å². The van der Waals surface area contributed by atoms with E-state index in [0.717, 1.165) is 21.9 Å². The molecule has 0 saturated carbocycles. The molecule has 15 heavy (non-hydrogen) atoms. The predicted octanol–water partition coefficient (Wildman–Crippen LogP) is 0.362. The molecule has 84 valence electrons. The molecule has 0 bridgehead atoms. The molecule has 1 atom stereocenters. The quantitative estimate of drug-likeness (QED) is 0.784. The van der Waals surface area contributed by atoms with Crippen LogP contribution in [0, 0.1) is 13.8 Å². The number of rotatable bonds is 4. The van der Waals surface area contributed by atoms with Crippen molar-refractivity contribution in [3.63, 3.8) is 0 Å². The maximum atomic E-state index is 11.4. The highest BCUT2D eigenvalue weighted by atomic mass is 32.1. The van der Waals surface area contributed by atoms with Crippen molar-refractivity contribution < 1.29 is 15.0 Å². The Kier molecular flexibility index (Phi) is 3.65. The third-order valence-corrected chi connectivity index (χ3v) is 3.18. The van der Waals surface area contributed by atoms with Gasteiger partial charge in [0.1, 0.15) is 0 Å². The standard InChI is InChI=1S/C9H13NO4S/c1-5-6(2)15-9(14)10(5)4-7(11)3-8(12)13/h7,11H,3-4H2,1-2H3,(H,12,13). The van der Waals surface area contributed by atoms with E-state index in [1.165, 1.54) is 4.57 Å². The van der Waals surface area contributed by atoms with Crippen molar-refractivity contribution in [2.45, 2.75) is 32.9 Å². The van der Waals surface area contributed by atoms with Gasteiger partial charge in [-0.1, -0.05) is 11.3 Å². The van der Waals surface area contributed by atoms with Gasteiger partial charge in [-0.2, -0.15) is 0 Å². The number of carbonyl (C=O) groups is 1. The molecule has 0 amide bonds. The minimum atomic E-state index is -1.07.